The Morgan fingerprint density at radius 2 is 2.11 bits per heavy atom. The maximum Gasteiger partial charge on any atom is 0.307 e. The van der Waals surface area contributed by atoms with Gasteiger partial charge in [-0.2, -0.15) is 5.10 Å². The van der Waals surface area contributed by atoms with Crippen LogP contribution < -0.4 is 5.32 Å². The summed E-state index contributed by atoms with van der Waals surface area (Å²) in [5, 5.41) is 16.0. The number of aliphatic carboxylic acids is 1. The minimum atomic E-state index is -0.927. The van der Waals surface area contributed by atoms with Crippen molar-refractivity contribution in [1.29, 1.82) is 0 Å². The molecule has 6 heteroatoms. The average molecular weight is 263 g/mol. The molecule has 0 radical (unpaired) electrons. The number of hydrogen-bond acceptors (Lipinski definition) is 3. The molecule has 0 fully saturated rings. The van der Waals surface area contributed by atoms with E-state index in [2.05, 4.69) is 10.4 Å². The lowest BCUT2D eigenvalue weighted by atomic mass is 9.82. The number of aromatic nitrogens is 2. The molecular formula is C13H17N3O3. The minimum Gasteiger partial charge on any atom is -0.481 e. The van der Waals surface area contributed by atoms with Crippen molar-refractivity contribution in [2.24, 2.45) is 11.8 Å². The zero-order valence-corrected chi connectivity index (χ0v) is 10.7. The van der Waals surface area contributed by atoms with Crippen LogP contribution in [0.1, 0.15) is 19.8 Å². The SMILES string of the molecule is CCn1ccc(NC(=O)[C@H]2CC=CC[C@@H]2C(=O)O)n1. The first-order valence-electron chi connectivity index (χ1n) is 6.34. The van der Waals surface area contributed by atoms with Crippen molar-refractivity contribution in [3.63, 3.8) is 0 Å². The molecule has 19 heavy (non-hydrogen) atoms. The smallest absolute Gasteiger partial charge is 0.307 e. The number of carboxylic acid groups (broad SMARTS) is 1. The number of nitrogens with zero attached hydrogens (tertiary/aromatic N) is 2. The number of hydrogen-bond donors (Lipinski definition) is 2. The summed E-state index contributed by atoms with van der Waals surface area (Å²) in [5.74, 6) is -1.93. The van der Waals surface area contributed by atoms with Gasteiger partial charge in [-0.15, -0.1) is 0 Å². The monoisotopic (exact) mass is 263 g/mol. The molecule has 0 aliphatic heterocycles. The Morgan fingerprint density at radius 1 is 1.42 bits per heavy atom. The van der Waals surface area contributed by atoms with Crippen LogP contribution in [0.2, 0.25) is 0 Å². The van der Waals surface area contributed by atoms with Gasteiger partial charge in [-0.1, -0.05) is 12.2 Å². The lowest BCUT2D eigenvalue weighted by Crippen LogP contribution is -2.34. The fraction of sp³-hybridized carbons (Fsp3) is 0.462. The van der Waals surface area contributed by atoms with Gasteiger partial charge in [-0.25, -0.2) is 0 Å². The van der Waals surface area contributed by atoms with E-state index in [1.165, 1.54) is 0 Å². The summed E-state index contributed by atoms with van der Waals surface area (Å²) in [6, 6.07) is 1.70. The average Bonchev–Trinajstić information content (AvgIpc) is 2.86. The van der Waals surface area contributed by atoms with E-state index >= 15 is 0 Å². The number of aryl methyl sites for hydroxylation is 1. The number of rotatable bonds is 4. The van der Waals surface area contributed by atoms with E-state index in [-0.39, 0.29) is 5.91 Å². The number of amides is 1. The van der Waals surface area contributed by atoms with Crippen LogP contribution in [0.5, 0.6) is 0 Å². The van der Waals surface area contributed by atoms with Gasteiger partial charge in [0.15, 0.2) is 5.82 Å². The number of anilines is 1. The molecule has 1 aromatic rings. The van der Waals surface area contributed by atoms with E-state index in [1.54, 1.807) is 16.9 Å². The summed E-state index contributed by atoms with van der Waals surface area (Å²) in [4.78, 5) is 23.3. The van der Waals surface area contributed by atoms with E-state index < -0.39 is 17.8 Å². The van der Waals surface area contributed by atoms with E-state index in [0.29, 0.717) is 18.7 Å². The van der Waals surface area contributed by atoms with Crippen LogP contribution in [0.4, 0.5) is 5.82 Å². The summed E-state index contributed by atoms with van der Waals surface area (Å²) < 4.78 is 1.70. The molecule has 6 nitrogen and oxygen atoms in total. The molecule has 1 aliphatic carbocycles. The predicted octanol–water partition coefficient (Wildman–Crippen LogP) is 1.51. The van der Waals surface area contributed by atoms with Crippen molar-refractivity contribution in [2.75, 3.05) is 5.32 Å². The summed E-state index contributed by atoms with van der Waals surface area (Å²) in [5.41, 5.74) is 0. The normalized spacial score (nSPS) is 22.2. The Morgan fingerprint density at radius 3 is 2.68 bits per heavy atom. The quantitative estimate of drug-likeness (QED) is 0.806. The zero-order chi connectivity index (χ0) is 13.8. The molecule has 2 N–H and O–H groups in total. The highest BCUT2D eigenvalue weighted by Crippen LogP contribution is 2.27. The maximum atomic E-state index is 12.1. The first-order chi connectivity index (χ1) is 9.11. The molecule has 1 aromatic heterocycles. The molecule has 0 saturated carbocycles. The molecule has 2 atom stereocenters. The largest absolute Gasteiger partial charge is 0.481 e. The van der Waals surface area contributed by atoms with Crippen LogP contribution in [-0.2, 0) is 16.1 Å². The standard InChI is InChI=1S/C13H17N3O3/c1-2-16-8-7-11(15-16)14-12(17)9-5-3-4-6-10(9)13(18)19/h3-4,7-10H,2,5-6H2,1H3,(H,18,19)(H,14,15,17)/t9-,10-/m0/s1. The molecular weight excluding hydrogens is 246 g/mol. The lowest BCUT2D eigenvalue weighted by molar-refractivity contribution is -0.146. The highest BCUT2D eigenvalue weighted by atomic mass is 16.4. The van der Waals surface area contributed by atoms with Crippen molar-refractivity contribution >= 4 is 17.7 Å². The van der Waals surface area contributed by atoms with Gasteiger partial charge in [0, 0.05) is 18.8 Å². The van der Waals surface area contributed by atoms with Crippen LogP contribution in [0.3, 0.4) is 0 Å². The fourth-order valence-electron chi connectivity index (χ4n) is 2.20. The number of nitrogens with one attached hydrogen (secondary N) is 1. The minimum absolute atomic E-state index is 0.280. The number of carbonyl (C=O) groups excluding carboxylic acids is 1. The van der Waals surface area contributed by atoms with Crippen LogP contribution in [-0.4, -0.2) is 26.8 Å². The van der Waals surface area contributed by atoms with Crippen molar-refractivity contribution < 1.29 is 14.7 Å². The van der Waals surface area contributed by atoms with Crippen molar-refractivity contribution in [3.8, 4) is 0 Å². The molecule has 0 saturated heterocycles. The lowest BCUT2D eigenvalue weighted by Gasteiger charge is -2.23. The maximum absolute atomic E-state index is 12.1. The zero-order valence-electron chi connectivity index (χ0n) is 10.7. The van der Waals surface area contributed by atoms with Gasteiger partial charge in [0.05, 0.1) is 11.8 Å². The molecule has 102 valence electrons. The summed E-state index contributed by atoms with van der Waals surface area (Å²) in [6.45, 7) is 2.67. The summed E-state index contributed by atoms with van der Waals surface area (Å²) in [7, 11) is 0. The molecule has 1 amide bonds. The molecule has 1 heterocycles. The second-order valence-electron chi connectivity index (χ2n) is 4.54. The van der Waals surface area contributed by atoms with Gasteiger partial charge in [-0.3, -0.25) is 14.3 Å². The first-order valence-corrected chi connectivity index (χ1v) is 6.34. The third-order valence-electron chi connectivity index (χ3n) is 3.30. The first kappa shape index (κ1) is 13.3. The Balaban J connectivity index is 2.05. The van der Waals surface area contributed by atoms with Crippen molar-refractivity contribution in [3.05, 3.63) is 24.4 Å². The summed E-state index contributed by atoms with van der Waals surface area (Å²) >= 11 is 0. The highest BCUT2D eigenvalue weighted by molar-refractivity contribution is 5.94. The Kier molecular flexibility index (Phi) is 3.99. The van der Waals surface area contributed by atoms with E-state index in [0.717, 1.165) is 6.54 Å². The molecule has 0 unspecified atom stereocenters. The molecule has 0 spiro atoms. The van der Waals surface area contributed by atoms with Crippen molar-refractivity contribution in [2.45, 2.75) is 26.3 Å². The van der Waals surface area contributed by atoms with Crippen LogP contribution >= 0.6 is 0 Å². The number of carboxylic acids is 1. The van der Waals surface area contributed by atoms with Gasteiger partial charge in [0.1, 0.15) is 0 Å². The van der Waals surface area contributed by atoms with Gasteiger partial charge in [-0.05, 0) is 19.8 Å². The van der Waals surface area contributed by atoms with Crippen LogP contribution in [0.25, 0.3) is 0 Å². The molecule has 1 aliphatic rings. The second-order valence-corrected chi connectivity index (χ2v) is 4.54. The predicted molar refractivity (Wildman–Crippen MR) is 69.5 cm³/mol. The molecule has 0 aromatic carbocycles. The van der Waals surface area contributed by atoms with Gasteiger partial charge >= 0.3 is 5.97 Å². The van der Waals surface area contributed by atoms with E-state index in [4.69, 9.17) is 5.11 Å². The third kappa shape index (κ3) is 3.01. The topological polar surface area (TPSA) is 84.2 Å². The Labute approximate surface area is 111 Å². The second kappa shape index (κ2) is 5.69. The van der Waals surface area contributed by atoms with Crippen LogP contribution in [0.15, 0.2) is 24.4 Å². The fourth-order valence-corrected chi connectivity index (χ4v) is 2.20. The third-order valence-corrected chi connectivity index (χ3v) is 3.30. The van der Waals surface area contributed by atoms with Gasteiger partial charge in [0.25, 0.3) is 0 Å². The number of carbonyl (C=O) groups is 2. The highest BCUT2D eigenvalue weighted by Gasteiger charge is 2.34. The number of allylic oxidation sites excluding steroid dienone is 2. The van der Waals surface area contributed by atoms with E-state index in [1.807, 2.05) is 19.1 Å². The van der Waals surface area contributed by atoms with Gasteiger partial charge in [0.2, 0.25) is 5.91 Å². The summed E-state index contributed by atoms with van der Waals surface area (Å²) in [6.07, 6.45) is 6.29. The molecule has 2 rings (SSSR count). The van der Waals surface area contributed by atoms with Gasteiger partial charge < -0.3 is 10.4 Å². The van der Waals surface area contributed by atoms with E-state index in [9.17, 15) is 9.59 Å². The Bertz CT molecular complexity index is 507. The van der Waals surface area contributed by atoms with Crippen LogP contribution in [0, 0.1) is 11.8 Å². The Hall–Kier alpha value is -2.11. The van der Waals surface area contributed by atoms with Crippen molar-refractivity contribution in [1.82, 2.24) is 9.78 Å². The molecule has 0 bridgehead atoms.